The van der Waals surface area contributed by atoms with Crippen molar-refractivity contribution >= 4 is 23.4 Å². The Labute approximate surface area is 173 Å². The van der Waals surface area contributed by atoms with Crippen molar-refractivity contribution in [2.24, 2.45) is 0 Å². The molecule has 0 aliphatic heterocycles. The van der Waals surface area contributed by atoms with Crippen LogP contribution in [0.5, 0.6) is 11.5 Å². The third-order valence-corrected chi connectivity index (χ3v) is 5.38. The largest absolute Gasteiger partial charge is 0.497 e. The molecule has 0 radical (unpaired) electrons. The van der Waals surface area contributed by atoms with Crippen LogP contribution < -0.4 is 14.8 Å². The smallest absolute Gasteiger partial charge is 0.237 e. The number of amides is 1. The van der Waals surface area contributed by atoms with Gasteiger partial charge in [0.1, 0.15) is 17.2 Å². The Balaban J connectivity index is 1.80. The Morgan fingerprint density at radius 2 is 1.93 bits per heavy atom. The molecule has 29 heavy (non-hydrogen) atoms. The zero-order valence-electron chi connectivity index (χ0n) is 17.0. The van der Waals surface area contributed by atoms with E-state index in [4.69, 9.17) is 9.47 Å². The molecule has 3 aromatic rings. The van der Waals surface area contributed by atoms with E-state index in [1.165, 1.54) is 16.4 Å². The molecule has 0 aliphatic rings. The van der Waals surface area contributed by atoms with E-state index in [2.05, 4.69) is 20.8 Å². The first kappa shape index (κ1) is 20.7. The number of methoxy groups -OCH3 is 2. The minimum atomic E-state index is -0.419. The van der Waals surface area contributed by atoms with E-state index in [1.807, 2.05) is 39.0 Å². The van der Waals surface area contributed by atoms with E-state index >= 15 is 0 Å². The second-order valence-electron chi connectivity index (χ2n) is 6.48. The lowest BCUT2D eigenvalue weighted by Crippen LogP contribution is -2.23. The predicted octanol–water partition coefficient (Wildman–Crippen LogP) is 3.42. The van der Waals surface area contributed by atoms with Crippen molar-refractivity contribution in [2.75, 3.05) is 19.5 Å². The zero-order chi connectivity index (χ0) is 21.0. The van der Waals surface area contributed by atoms with Crippen LogP contribution in [0.4, 0.5) is 5.69 Å². The van der Waals surface area contributed by atoms with Gasteiger partial charge in [0.25, 0.3) is 0 Å². The molecule has 0 saturated heterocycles. The molecule has 2 aromatic carbocycles. The Kier molecular flexibility index (Phi) is 6.38. The number of aryl methyl sites for hydroxylation is 2. The van der Waals surface area contributed by atoms with Gasteiger partial charge in [-0.3, -0.25) is 4.79 Å². The fraction of sp³-hybridized carbons (Fsp3) is 0.300. The standard InChI is InChI=1S/C20H23N5O3S/c1-12-6-8-16(13(2)10-12)21-19(26)14(3)29-20-22-23-24-25(20)17-11-15(27-4)7-9-18(17)28-5/h6-11,14H,1-5H3,(H,21,26). The van der Waals surface area contributed by atoms with Crippen molar-refractivity contribution in [1.82, 2.24) is 20.2 Å². The van der Waals surface area contributed by atoms with Gasteiger partial charge >= 0.3 is 0 Å². The van der Waals surface area contributed by atoms with E-state index < -0.39 is 5.25 Å². The SMILES string of the molecule is COc1ccc(OC)c(-n2nnnc2SC(C)C(=O)Nc2ccc(C)cc2C)c1. The lowest BCUT2D eigenvalue weighted by Gasteiger charge is -2.14. The number of nitrogens with zero attached hydrogens (tertiary/aromatic N) is 4. The molecule has 0 fully saturated rings. The predicted molar refractivity (Wildman–Crippen MR) is 112 cm³/mol. The van der Waals surface area contributed by atoms with Crippen molar-refractivity contribution in [3.8, 4) is 17.2 Å². The average molecular weight is 414 g/mol. The van der Waals surface area contributed by atoms with Gasteiger partial charge in [-0.1, -0.05) is 29.5 Å². The molecule has 0 spiro atoms. The van der Waals surface area contributed by atoms with E-state index in [0.29, 0.717) is 22.3 Å². The van der Waals surface area contributed by atoms with Gasteiger partial charge in [-0.15, -0.1) is 5.10 Å². The highest BCUT2D eigenvalue weighted by molar-refractivity contribution is 8.00. The second kappa shape index (κ2) is 8.95. The lowest BCUT2D eigenvalue weighted by atomic mass is 10.1. The van der Waals surface area contributed by atoms with Crippen molar-refractivity contribution in [2.45, 2.75) is 31.2 Å². The maximum atomic E-state index is 12.7. The van der Waals surface area contributed by atoms with E-state index in [-0.39, 0.29) is 5.91 Å². The number of ether oxygens (including phenoxy) is 2. The summed E-state index contributed by atoms with van der Waals surface area (Å²) in [6.07, 6.45) is 0. The molecule has 152 valence electrons. The maximum Gasteiger partial charge on any atom is 0.237 e. The van der Waals surface area contributed by atoms with Gasteiger partial charge in [-0.25, -0.2) is 0 Å². The fourth-order valence-electron chi connectivity index (χ4n) is 2.77. The topological polar surface area (TPSA) is 91.2 Å². The number of aromatic nitrogens is 4. The number of rotatable bonds is 7. The summed E-state index contributed by atoms with van der Waals surface area (Å²) in [5.41, 5.74) is 3.58. The van der Waals surface area contributed by atoms with Gasteiger partial charge in [0.05, 0.1) is 19.5 Å². The molecular weight excluding hydrogens is 390 g/mol. The van der Waals surface area contributed by atoms with Crippen molar-refractivity contribution in [3.63, 3.8) is 0 Å². The summed E-state index contributed by atoms with van der Waals surface area (Å²) in [6.45, 7) is 5.80. The molecule has 0 bridgehead atoms. The molecule has 0 aliphatic carbocycles. The van der Waals surface area contributed by atoms with Gasteiger partial charge < -0.3 is 14.8 Å². The summed E-state index contributed by atoms with van der Waals surface area (Å²) in [6, 6.07) is 11.3. The molecule has 1 aromatic heterocycles. The van der Waals surface area contributed by atoms with Crippen LogP contribution in [0.3, 0.4) is 0 Å². The number of benzene rings is 2. The van der Waals surface area contributed by atoms with Crippen LogP contribution in [0.2, 0.25) is 0 Å². The quantitative estimate of drug-likeness (QED) is 0.594. The monoisotopic (exact) mass is 413 g/mol. The van der Waals surface area contributed by atoms with Crippen LogP contribution in [0, 0.1) is 13.8 Å². The Bertz CT molecular complexity index is 1020. The highest BCUT2D eigenvalue weighted by Gasteiger charge is 2.21. The summed E-state index contributed by atoms with van der Waals surface area (Å²) in [5, 5.41) is 14.9. The molecular formula is C20H23N5O3S. The highest BCUT2D eigenvalue weighted by Crippen LogP contribution is 2.31. The summed E-state index contributed by atoms with van der Waals surface area (Å²) in [5.74, 6) is 1.11. The lowest BCUT2D eigenvalue weighted by molar-refractivity contribution is -0.115. The maximum absolute atomic E-state index is 12.7. The molecule has 1 heterocycles. The van der Waals surface area contributed by atoms with E-state index in [1.54, 1.807) is 32.4 Å². The Morgan fingerprint density at radius 3 is 2.62 bits per heavy atom. The summed E-state index contributed by atoms with van der Waals surface area (Å²) < 4.78 is 12.2. The van der Waals surface area contributed by atoms with Crippen LogP contribution in [0.1, 0.15) is 18.1 Å². The Morgan fingerprint density at radius 1 is 1.14 bits per heavy atom. The minimum absolute atomic E-state index is 0.130. The zero-order valence-corrected chi connectivity index (χ0v) is 17.8. The van der Waals surface area contributed by atoms with Gasteiger partial charge in [0, 0.05) is 11.8 Å². The van der Waals surface area contributed by atoms with Crippen molar-refractivity contribution in [3.05, 3.63) is 47.5 Å². The number of tetrazole rings is 1. The first-order valence-corrected chi connectivity index (χ1v) is 9.86. The normalized spacial score (nSPS) is 11.8. The molecule has 9 heteroatoms. The fourth-order valence-corrected chi connectivity index (χ4v) is 3.57. The molecule has 1 atom stereocenters. The van der Waals surface area contributed by atoms with Crippen molar-refractivity contribution in [1.29, 1.82) is 0 Å². The molecule has 1 amide bonds. The summed E-state index contributed by atoms with van der Waals surface area (Å²) >= 11 is 1.26. The Hall–Kier alpha value is -3.07. The second-order valence-corrected chi connectivity index (χ2v) is 7.79. The van der Waals surface area contributed by atoms with Crippen LogP contribution in [-0.4, -0.2) is 45.6 Å². The number of hydrogen-bond donors (Lipinski definition) is 1. The molecule has 1 N–H and O–H groups in total. The molecule has 3 rings (SSSR count). The first-order chi connectivity index (χ1) is 13.9. The van der Waals surface area contributed by atoms with Gasteiger partial charge in [0.15, 0.2) is 0 Å². The van der Waals surface area contributed by atoms with Gasteiger partial charge in [-0.2, -0.15) is 4.68 Å². The number of carbonyl (C=O) groups is 1. The number of carbonyl (C=O) groups excluding carboxylic acids is 1. The van der Waals surface area contributed by atoms with Gasteiger partial charge in [0.2, 0.25) is 11.1 Å². The number of hydrogen-bond acceptors (Lipinski definition) is 7. The molecule has 8 nitrogen and oxygen atoms in total. The van der Waals surface area contributed by atoms with Crippen LogP contribution in [-0.2, 0) is 4.79 Å². The highest BCUT2D eigenvalue weighted by atomic mass is 32.2. The molecule has 0 saturated carbocycles. The molecule has 1 unspecified atom stereocenters. The number of nitrogens with one attached hydrogen (secondary N) is 1. The average Bonchev–Trinajstić information content (AvgIpc) is 3.17. The third-order valence-electron chi connectivity index (χ3n) is 4.35. The first-order valence-electron chi connectivity index (χ1n) is 8.98. The minimum Gasteiger partial charge on any atom is -0.497 e. The third kappa shape index (κ3) is 4.68. The number of thioether (sulfide) groups is 1. The van der Waals surface area contributed by atoms with Gasteiger partial charge in [-0.05, 0) is 55.0 Å². The van der Waals surface area contributed by atoms with Crippen molar-refractivity contribution < 1.29 is 14.3 Å². The van der Waals surface area contributed by atoms with Crippen LogP contribution in [0.25, 0.3) is 5.69 Å². The van der Waals surface area contributed by atoms with Crippen LogP contribution in [0.15, 0.2) is 41.6 Å². The van der Waals surface area contributed by atoms with Crippen LogP contribution >= 0.6 is 11.8 Å². The summed E-state index contributed by atoms with van der Waals surface area (Å²) in [7, 11) is 3.16. The number of anilines is 1. The van der Waals surface area contributed by atoms with E-state index in [0.717, 1.165) is 16.8 Å². The van der Waals surface area contributed by atoms with E-state index in [9.17, 15) is 4.79 Å². The summed E-state index contributed by atoms with van der Waals surface area (Å²) in [4.78, 5) is 12.7.